The van der Waals surface area contributed by atoms with E-state index in [1.165, 1.54) is 13.2 Å². The number of anilines is 1. The Morgan fingerprint density at radius 1 is 0.909 bits per heavy atom. The molecule has 1 amide bonds. The molecule has 11 nitrogen and oxygen atoms in total. The maximum absolute atomic E-state index is 13.2. The monoisotopic (exact) mass is 605 g/mol. The largest absolute Gasteiger partial charge is 0.497 e. The first kappa shape index (κ1) is 31.0. The smallest absolute Gasteiger partial charge is 0.360 e. The molecule has 3 N–H and O–H groups in total. The summed E-state index contributed by atoms with van der Waals surface area (Å²) in [5.74, 6) is 1.05. The van der Waals surface area contributed by atoms with Crippen LogP contribution in [0.3, 0.4) is 0 Å². The van der Waals surface area contributed by atoms with Crippen LogP contribution in [0.5, 0.6) is 17.2 Å². The van der Waals surface area contributed by atoms with Gasteiger partial charge >= 0.3 is 5.63 Å². The Morgan fingerprint density at radius 3 is 2.27 bits per heavy atom. The van der Waals surface area contributed by atoms with Gasteiger partial charge in [0.05, 0.1) is 19.8 Å². The first-order valence-electron chi connectivity index (χ1n) is 13.9. The summed E-state index contributed by atoms with van der Waals surface area (Å²) in [4.78, 5) is 26.2. The van der Waals surface area contributed by atoms with Gasteiger partial charge in [-0.2, -0.15) is 0 Å². The Hall–Kier alpha value is -4.42. The summed E-state index contributed by atoms with van der Waals surface area (Å²) in [5, 5.41) is 24.4. The van der Waals surface area contributed by atoms with Crippen LogP contribution in [0.2, 0.25) is 0 Å². The molecule has 1 aliphatic heterocycles. The van der Waals surface area contributed by atoms with Crippen molar-refractivity contribution < 1.29 is 43.1 Å². The number of carbonyl (C=O) groups excluding carboxylic acids is 1. The molecule has 2 heterocycles. The van der Waals surface area contributed by atoms with Gasteiger partial charge in [0.15, 0.2) is 0 Å². The van der Waals surface area contributed by atoms with Crippen molar-refractivity contribution in [1.82, 2.24) is 0 Å². The SMILES string of the molecule is COc1ccc(-c2cc(C(=O)Nc3cc4ccc(O[C@@H]5OC(C)(C)[C@H](OC)[C@@H](O)[C@H]5O)c(C)c4oc3=O)ccc2OC)cc1. The summed E-state index contributed by atoms with van der Waals surface area (Å²) in [5.41, 5.74) is 0.758. The predicted octanol–water partition coefficient (Wildman–Crippen LogP) is 4.29. The van der Waals surface area contributed by atoms with Crippen molar-refractivity contribution in [2.45, 2.75) is 51.0 Å². The van der Waals surface area contributed by atoms with Crippen LogP contribution in [0.1, 0.15) is 29.8 Å². The lowest BCUT2D eigenvalue weighted by Gasteiger charge is -2.46. The molecule has 1 fully saturated rings. The number of rotatable bonds is 8. The quantitative estimate of drug-likeness (QED) is 0.249. The number of methoxy groups -OCH3 is 3. The summed E-state index contributed by atoms with van der Waals surface area (Å²) in [6.45, 7) is 5.13. The molecule has 1 aromatic heterocycles. The molecular formula is C33H35NO10. The fraction of sp³-hybridized carbons (Fsp3) is 0.333. The third-order valence-electron chi connectivity index (χ3n) is 7.75. The minimum atomic E-state index is -1.39. The van der Waals surface area contributed by atoms with Gasteiger partial charge in [-0.25, -0.2) is 4.79 Å². The molecule has 0 radical (unpaired) electrons. The van der Waals surface area contributed by atoms with Gasteiger partial charge in [0.2, 0.25) is 6.29 Å². The average molecular weight is 606 g/mol. The van der Waals surface area contributed by atoms with Gasteiger partial charge in [0.25, 0.3) is 5.91 Å². The second-order valence-corrected chi connectivity index (χ2v) is 11.0. The second-order valence-electron chi connectivity index (χ2n) is 11.0. The molecule has 44 heavy (non-hydrogen) atoms. The lowest BCUT2D eigenvalue weighted by Crippen LogP contribution is -2.63. The van der Waals surface area contributed by atoms with E-state index in [9.17, 15) is 19.8 Å². The fourth-order valence-electron chi connectivity index (χ4n) is 5.39. The zero-order chi connectivity index (χ0) is 31.8. The Kier molecular flexibility index (Phi) is 8.66. The van der Waals surface area contributed by atoms with E-state index in [0.29, 0.717) is 33.6 Å². The summed E-state index contributed by atoms with van der Waals surface area (Å²) in [6.07, 6.45) is -4.62. The average Bonchev–Trinajstić information content (AvgIpc) is 3.01. The normalized spacial score (nSPS) is 21.1. The Morgan fingerprint density at radius 2 is 1.61 bits per heavy atom. The molecular weight excluding hydrogens is 570 g/mol. The van der Waals surface area contributed by atoms with E-state index >= 15 is 0 Å². The molecule has 1 aliphatic rings. The molecule has 1 saturated heterocycles. The van der Waals surface area contributed by atoms with Crippen LogP contribution in [-0.2, 0) is 9.47 Å². The highest BCUT2D eigenvalue weighted by Crippen LogP contribution is 2.36. The van der Waals surface area contributed by atoms with E-state index < -0.39 is 41.7 Å². The number of carbonyl (C=O) groups is 1. The summed E-state index contributed by atoms with van der Waals surface area (Å²) in [7, 11) is 4.56. The Bertz CT molecular complexity index is 1730. The van der Waals surface area contributed by atoms with Crippen molar-refractivity contribution in [3.05, 3.63) is 82.2 Å². The van der Waals surface area contributed by atoms with Gasteiger partial charge < -0.3 is 43.6 Å². The zero-order valence-corrected chi connectivity index (χ0v) is 25.2. The molecule has 4 aromatic rings. The van der Waals surface area contributed by atoms with Gasteiger partial charge in [-0.1, -0.05) is 12.1 Å². The first-order chi connectivity index (χ1) is 21.0. The molecule has 0 spiro atoms. The number of fused-ring (bicyclic) bond motifs is 1. The highest BCUT2D eigenvalue weighted by Gasteiger charge is 2.50. The van der Waals surface area contributed by atoms with Crippen molar-refractivity contribution in [1.29, 1.82) is 0 Å². The molecule has 0 bridgehead atoms. The van der Waals surface area contributed by atoms with Gasteiger partial charge in [0, 0.05) is 29.2 Å². The van der Waals surface area contributed by atoms with Gasteiger partial charge in [-0.15, -0.1) is 0 Å². The van der Waals surface area contributed by atoms with Crippen molar-refractivity contribution in [3.8, 4) is 28.4 Å². The van der Waals surface area contributed by atoms with Crippen molar-refractivity contribution >= 4 is 22.6 Å². The van der Waals surface area contributed by atoms with Crippen LogP contribution >= 0.6 is 0 Å². The minimum Gasteiger partial charge on any atom is -0.497 e. The van der Waals surface area contributed by atoms with Crippen LogP contribution < -0.4 is 25.2 Å². The lowest BCUT2D eigenvalue weighted by molar-refractivity contribution is -0.306. The number of aryl methyl sites for hydroxylation is 1. The van der Waals surface area contributed by atoms with Crippen molar-refractivity contribution in [2.75, 3.05) is 26.6 Å². The van der Waals surface area contributed by atoms with Crippen LogP contribution in [0, 0.1) is 6.92 Å². The van der Waals surface area contributed by atoms with E-state index in [0.717, 1.165) is 5.56 Å². The molecule has 0 unspecified atom stereocenters. The number of amides is 1. The van der Waals surface area contributed by atoms with E-state index in [-0.39, 0.29) is 17.0 Å². The third kappa shape index (κ3) is 5.87. The number of nitrogens with one attached hydrogen (secondary N) is 1. The van der Waals surface area contributed by atoms with E-state index in [2.05, 4.69) is 5.32 Å². The lowest BCUT2D eigenvalue weighted by atomic mass is 9.89. The minimum absolute atomic E-state index is 0.0427. The standard InChI is InChI=1S/C33H35NO10/c1-17-24(42-32-27(36)26(35)29(41-6)33(2,3)44-32)13-9-19-16-23(31(38)43-28(17)19)34-30(37)20-10-14-25(40-5)22(15-20)18-7-11-21(39-4)12-8-18/h7-16,26-27,29,32,35-36H,1-6H3,(H,34,37)/t26-,27+,29+,32+/m0/s1. The molecule has 232 valence electrons. The van der Waals surface area contributed by atoms with Gasteiger partial charge in [0.1, 0.15) is 46.8 Å². The summed E-state index contributed by atoms with van der Waals surface area (Å²) < 4.78 is 33.5. The Balaban J connectivity index is 1.39. The van der Waals surface area contributed by atoms with E-state index in [4.69, 9.17) is 28.1 Å². The van der Waals surface area contributed by atoms with E-state index in [1.807, 2.05) is 24.3 Å². The topological polar surface area (TPSA) is 146 Å². The first-order valence-corrected chi connectivity index (χ1v) is 13.9. The summed E-state index contributed by atoms with van der Waals surface area (Å²) in [6, 6.07) is 17.1. The molecule has 11 heteroatoms. The molecule has 0 aliphatic carbocycles. The predicted molar refractivity (Wildman–Crippen MR) is 163 cm³/mol. The van der Waals surface area contributed by atoms with Crippen LogP contribution in [-0.4, -0.2) is 67.7 Å². The molecule has 5 rings (SSSR count). The van der Waals surface area contributed by atoms with Crippen molar-refractivity contribution in [2.24, 2.45) is 0 Å². The maximum atomic E-state index is 13.2. The summed E-state index contributed by atoms with van der Waals surface area (Å²) >= 11 is 0. The highest BCUT2D eigenvalue weighted by atomic mass is 16.7. The fourth-order valence-corrected chi connectivity index (χ4v) is 5.39. The number of hydrogen-bond donors (Lipinski definition) is 3. The molecule has 3 aromatic carbocycles. The zero-order valence-electron chi connectivity index (χ0n) is 25.2. The number of ether oxygens (including phenoxy) is 5. The van der Waals surface area contributed by atoms with Gasteiger partial charge in [-0.05, 0) is 74.9 Å². The van der Waals surface area contributed by atoms with Crippen LogP contribution in [0.4, 0.5) is 5.69 Å². The van der Waals surface area contributed by atoms with Crippen LogP contribution in [0.25, 0.3) is 22.1 Å². The number of benzene rings is 3. The Labute approximate surface area is 253 Å². The van der Waals surface area contributed by atoms with Crippen LogP contribution in [0.15, 0.2) is 69.9 Å². The second kappa shape index (κ2) is 12.3. The molecule has 0 saturated carbocycles. The number of aliphatic hydroxyl groups excluding tert-OH is 2. The van der Waals surface area contributed by atoms with Crippen molar-refractivity contribution in [3.63, 3.8) is 0 Å². The third-order valence-corrected chi connectivity index (χ3v) is 7.75. The molecule has 4 atom stereocenters. The number of hydrogen-bond acceptors (Lipinski definition) is 10. The highest BCUT2D eigenvalue weighted by molar-refractivity contribution is 6.05. The van der Waals surface area contributed by atoms with Gasteiger partial charge in [-0.3, -0.25) is 4.79 Å². The maximum Gasteiger partial charge on any atom is 0.360 e. The van der Waals surface area contributed by atoms with E-state index in [1.54, 1.807) is 65.3 Å². The number of aliphatic hydroxyl groups is 2.